The molecule has 29 heavy (non-hydrogen) atoms. The molecule has 1 fully saturated rings. The van der Waals surface area contributed by atoms with Gasteiger partial charge in [0.25, 0.3) is 11.8 Å². The van der Waals surface area contributed by atoms with Crippen molar-refractivity contribution in [2.75, 3.05) is 33.3 Å². The Bertz CT molecular complexity index is 921. The normalized spacial score (nSPS) is 18.8. The van der Waals surface area contributed by atoms with Crippen LogP contribution in [0.15, 0.2) is 59.8 Å². The highest BCUT2D eigenvalue weighted by Gasteiger charge is 2.32. The number of ether oxygens (including phenoxy) is 1. The molecule has 2 aliphatic heterocycles. The van der Waals surface area contributed by atoms with E-state index in [9.17, 15) is 9.59 Å². The average molecular weight is 393 g/mol. The highest BCUT2D eigenvalue weighted by Crippen LogP contribution is 2.27. The van der Waals surface area contributed by atoms with E-state index in [2.05, 4.69) is 5.16 Å². The van der Waals surface area contributed by atoms with E-state index in [1.807, 2.05) is 30.3 Å². The zero-order valence-corrected chi connectivity index (χ0v) is 16.3. The molecule has 0 N–H and O–H groups in total. The number of amides is 2. The molecule has 1 unspecified atom stereocenters. The van der Waals surface area contributed by atoms with Crippen molar-refractivity contribution in [1.29, 1.82) is 0 Å². The van der Waals surface area contributed by atoms with Crippen LogP contribution in [-0.4, -0.2) is 60.6 Å². The predicted molar refractivity (Wildman–Crippen MR) is 108 cm³/mol. The Morgan fingerprint density at radius 1 is 0.966 bits per heavy atom. The summed E-state index contributed by atoms with van der Waals surface area (Å²) in [5.41, 5.74) is 2.03. The van der Waals surface area contributed by atoms with Crippen LogP contribution >= 0.6 is 0 Å². The largest absolute Gasteiger partial charge is 0.497 e. The first-order valence-electron chi connectivity index (χ1n) is 9.66. The zero-order chi connectivity index (χ0) is 20.2. The van der Waals surface area contributed by atoms with Crippen molar-refractivity contribution >= 4 is 17.5 Å². The topological polar surface area (TPSA) is 71.4 Å². The summed E-state index contributed by atoms with van der Waals surface area (Å²) in [7, 11) is 1.58. The van der Waals surface area contributed by atoms with Crippen molar-refractivity contribution in [2.24, 2.45) is 5.16 Å². The molecule has 1 saturated heterocycles. The summed E-state index contributed by atoms with van der Waals surface area (Å²) in [6.07, 6.45) is 0.247. The molecular weight excluding hydrogens is 370 g/mol. The average Bonchev–Trinajstić information content (AvgIpc) is 3.29. The summed E-state index contributed by atoms with van der Waals surface area (Å²) < 4.78 is 5.19. The maximum Gasteiger partial charge on any atom is 0.271 e. The molecule has 0 spiro atoms. The van der Waals surface area contributed by atoms with Gasteiger partial charge in [-0.05, 0) is 23.8 Å². The third-order valence-corrected chi connectivity index (χ3v) is 5.26. The van der Waals surface area contributed by atoms with E-state index in [0.717, 1.165) is 5.56 Å². The van der Waals surface area contributed by atoms with E-state index < -0.39 is 0 Å². The third-order valence-electron chi connectivity index (χ3n) is 5.26. The van der Waals surface area contributed by atoms with Crippen molar-refractivity contribution in [2.45, 2.75) is 12.5 Å². The smallest absolute Gasteiger partial charge is 0.271 e. The summed E-state index contributed by atoms with van der Waals surface area (Å²) in [6.45, 7) is 1.92. The second-order valence-corrected chi connectivity index (χ2v) is 7.06. The number of benzene rings is 2. The van der Waals surface area contributed by atoms with Crippen LogP contribution in [0.1, 0.15) is 28.4 Å². The monoisotopic (exact) mass is 393 g/mol. The lowest BCUT2D eigenvalue weighted by Gasteiger charge is -2.34. The van der Waals surface area contributed by atoms with Gasteiger partial charge in [0.2, 0.25) is 0 Å². The van der Waals surface area contributed by atoms with Gasteiger partial charge in [0.1, 0.15) is 11.5 Å². The Hall–Kier alpha value is -3.35. The molecule has 2 heterocycles. The second-order valence-electron chi connectivity index (χ2n) is 7.06. The number of nitrogens with zero attached hydrogens (tertiary/aromatic N) is 3. The van der Waals surface area contributed by atoms with Crippen molar-refractivity contribution in [3.63, 3.8) is 0 Å². The minimum Gasteiger partial charge on any atom is -0.497 e. The van der Waals surface area contributed by atoms with Crippen molar-refractivity contribution < 1.29 is 19.2 Å². The van der Waals surface area contributed by atoms with E-state index in [4.69, 9.17) is 9.57 Å². The molecule has 7 heteroatoms. The standard InChI is InChI=1S/C22H23N3O4/c1-28-18-9-5-8-17(14-18)21(26)24-10-12-25(13-11-24)22(27)19-15-20(29-23-19)16-6-3-2-4-7-16/h2-9,14,20H,10-13,15H2,1H3. The van der Waals surface area contributed by atoms with Crippen LogP contribution in [0.25, 0.3) is 0 Å². The molecule has 2 amide bonds. The summed E-state index contributed by atoms with van der Waals surface area (Å²) >= 11 is 0. The van der Waals surface area contributed by atoms with Crippen LogP contribution in [0.2, 0.25) is 0 Å². The molecule has 2 aromatic carbocycles. The molecule has 0 aliphatic carbocycles. The lowest BCUT2D eigenvalue weighted by atomic mass is 10.0. The first-order chi connectivity index (χ1) is 14.2. The SMILES string of the molecule is COc1cccc(C(=O)N2CCN(C(=O)C3=NOC(c4ccccc4)C3)CC2)c1. The van der Waals surface area contributed by atoms with Crippen molar-refractivity contribution in [3.8, 4) is 5.75 Å². The van der Waals surface area contributed by atoms with Gasteiger partial charge in [-0.2, -0.15) is 0 Å². The van der Waals surface area contributed by atoms with Gasteiger partial charge in [-0.1, -0.05) is 41.6 Å². The molecule has 1 atom stereocenters. The van der Waals surface area contributed by atoms with Crippen LogP contribution in [0, 0.1) is 0 Å². The van der Waals surface area contributed by atoms with E-state index >= 15 is 0 Å². The maximum atomic E-state index is 12.8. The summed E-state index contributed by atoms with van der Waals surface area (Å²) in [5.74, 6) is 0.482. The number of hydrogen-bond acceptors (Lipinski definition) is 5. The molecular formula is C22H23N3O4. The Balaban J connectivity index is 1.32. The molecule has 0 radical (unpaired) electrons. The Kier molecular flexibility index (Phi) is 5.46. The van der Waals surface area contributed by atoms with Gasteiger partial charge in [-0.25, -0.2) is 0 Å². The number of methoxy groups -OCH3 is 1. The minimum atomic E-state index is -0.217. The fourth-order valence-electron chi connectivity index (χ4n) is 3.58. The molecule has 0 aromatic heterocycles. The maximum absolute atomic E-state index is 12.8. The molecule has 2 aliphatic rings. The van der Waals surface area contributed by atoms with Crippen molar-refractivity contribution in [3.05, 3.63) is 65.7 Å². The van der Waals surface area contributed by atoms with Gasteiger partial charge in [0.15, 0.2) is 6.10 Å². The van der Waals surface area contributed by atoms with Crippen molar-refractivity contribution in [1.82, 2.24) is 9.80 Å². The fraction of sp³-hybridized carbons (Fsp3) is 0.318. The van der Waals surface area contributed by atoms with Crippen LogP contribution in [0.3, 0.4) is 0 Å². The zero-order valence-electron chi connectivity index (χ0n) is 16.3. The Morgan fingerprint density at radius 2 is 1.66 bits per heavy atom. The predicted octanol–water partition coefficient (Wildman–Crippen LogP) is 2.50. The van der Waals surface area contributed by atoms with E-state index in [-0.39, 0.29) is 17.9 Å². The van der Waals surface area contributed by atoms with Gasteiger partial charge in [0.05, 0.1) is 7.11 Å². The molecule has 0 bridgehead atoms. The number of carbonyl (C=O) groups excluding carboxylic acids is 2. The van der Waals surface area contributed by atoms with Crippen LogP contribution < -0.4 is 4.74 Å². The summed E-state index contributed by atoms with van der Waals surface area (Å²) in [4.78, 5) is 34.5. The number of rotatable bonds is 4. The number of hydrogen-bond donors (Lipinski definition) is 0. The Morgan fingerprint density at radius 3 is 2.34 bits per heavy atom. The van der Waals surface area contributed by atoms with E-state index in [1.54, 1.807) is 41.2 Å². The van der Waals surface area contributed by atoms with Gasteiger partial charge >= 0.3 is 0 Å². The number of piperazine rings is 1. The van der Waals surface area contributed by atoms with Gasteiger partial charge in [-0.3, -0.25) is 9.59 Å². The number of oxime groups is 1. The number of carbonyl (C=O) groups is 2. The Labute approximate surface area is 169 Å². The highest BCUT2D eigenvalue weighted by molar-refractivity contribution is 6.39. The fourth-order valence-corrected chi connectivity index (χ4v) is 3.58. The summed E-state index contributed by atoms with van der Waals surface area (Å²) in [5, 5.41) is 4.02. The molecule has 150 valence electrons. The van der Waals surface area contributed by atoms with Crippen LogP contribution in [-0.2, 0) is 9.63 Å². The first-order valence-corrected chi connectivity index (χ1v) is 9.66. The lowest BCUT2D eigenvalue weighted by molar-refractivity contribution is -0.125. The second kappa shape index (κ2) is 8.34. The molecule has 0 saturated carbocycles. The molecule has 7 nitrogen and oxygen atoms in total. The minimum absolute atomic E-state index is 0.0540. The lowest BCUT2D eigenvalue weighted by Crippen LogP contribution is -2.52. The first kappa shape index (κ1) is 19.0. The van der Waals surface area contributed by atoms with E-state index in [1.165, 1.54) is 0 Å². The van der Waals surface area contributed by atoms with Crippen LogP contribution in [0.5, 0.6) is 5.75 Å². The third kappa shape index (κ3) is 4.08. The van der Waals surface area contributed by atoms with Gasteiger partial charge in [-0.15, -0.1) is 0 Å². The van der Waals surface area contributed by atoms with E-state index in [0.29, 0.717) is 49.6 Å². The van der Waals surface area contributed by atoms with Gasteiger partial charge in [0, 0.05) is 38.2 Å². The molecule has 4 rings (SSSR count). The van der Waals surface area contributed by atoms with Crippen LogP contribution in [0.4, 0.5) is 0 Å². The highest BCUT2D eigenvalue weighted by atomic mass is 16.6. The van der Waals surface area contributed by atoms with Gasteiger partial charge < -0.3 is 19.4 Å². The quantitative estimate of drug-likeness (QED) is 0.800. The summed E-state index contributed by atoms with van der Waals surface area (Å²) in [6, 6.07) is 16.9. The molecule has 2 aromatic rings.